The van der Waals surface area contributed by atoms with Gasteiger partial charge in [0.25, 0.3) is 0 Å². The monoisotopic (exact) mass is 262 g/mol. The molecule has 0 aliphatic carbocycles. The standard InChI is InChI=1S/C11H22N2O3S/c1-12-10-3-2-6-13(9-10)17(14,15)11-4-7-16-8-5-11/h10-12H,2-9H2,1H3. The van der Waals surface area contributed by atoms with Crippen LogP contribution in [0.25, 0.3) is 0 Å². The first-order valence-electron chi connectivity index (χ1n) is 6.38. The third-order valence-corrected chi connectivity index (χ3v) is 6.11. The summed E-state index contributed by atoms with van der Waals surface area (Å²) < 4.78 is 31.8. The van der Waals surface area contributed by atoms with E-state index in [1.807, 2.05) is 7.05 Å². The van der Waals surface area contributed by atoms with Crippen molar-refractivity contribution in [2.45, 2.75) is 37.0 Å². The molecule has 2 heterocycles. The van der Waals surface area contributed by atoms with E-state index < -0.39 is 10.0 Å². The zero-order valence-electron chi connectivity index (χ0n) is 10.4. The summed E-state index contributed by atoms with van der Waals surface area (Å²) in [5.41, 5.74) is 0. The number of likely N-dealkylation sites (N-methyl/N-ethyl adjacent to an activating group) is 1. The van der Waals surface area contributed by atoms with Gasteiger partial charge in [-0.25, -0.2) is 12.7 Å². The molecule has 0 amide bonds. The number of nitrogens with zero attached hydrogens (tertiary/aromatic N) is 1. The average Bonchev–Trinajstić information content (AvgIpc) is 2.40. The summed E-state index contributed by atoms with van der Waals surface area (Å²) in [5.74, 6) is 0. The van der Waals surface area contributed by atoms with Crippen molar-refractivity contribution in [3.05, 3.63) is 0 Å². The fourth-order valence-electron chi connectivity index (χ4n) is 2.59. The van der Waals surface area contributed by atoms with Crippen molar-refractivity contribution < 1.29 is 13.2 Å². The van der Waals surface area contributed by atoms with E-state index in [9.17, 15) is 8.42 Å². The number of hydrogen-bond acceptors (Lipinski definition) is 4. The van der Waals surface area contributed by atoms with Crippen LogP contribution in [0.2, 0.25) is 0 Å². The summed E-state index contributed by atoms with van der Waals surface area (Å²) in [6.45, 7) is 2.45. The summed E-state index contributed by atoms with van der Waals surface area (Å²) in [7, 11) is -1.22. The Labute approximate surface area is 104 Å². The molecule has 0 spiro atoms. The van der Waals surface area contributed by atoms with E-state index in [4.69, 9.17) is 4.74 Å². The molecule has 2 rings (SSSR count). The van der Waals surface area contributed by atoms with Crippen molar-refractivity contribution in [2.75, 3.05) is 33.4 Å². The Hall–Kier alpha value is -0.170. The Morgan fingerprint density at radius 1 is 1.24 bits per heavy atom. The molecule has 1 unspecified atom stereocenters. The number of nitrogens with one attached hydrogen (secondary N) is 1. The van der Waals surface area contributed by atoms with E-state index >= 15 is 0 Å². The van der Waals surface area contributed by atoms with Crippen LogP contribution in [-0.4, -0.2) is 57.4 Å². The molecule has 2 saturated heterocycles. The van der Waals surface area contributed by atoms with Crippen molar-refractivity contribution in [2.24, 2.45) is 0 Å². The van der Waals surface area contributed by atoms with E-state index in [0.717, 1.165) is 12.8 Å². The Morgan fingerprint density at radius 2 is 1.94 bits per heavy atom. The van der Waals surface area contributed by atoms with Gasteiger partial charge in [0.15, 0.2) is 0 Å². The first-order valence-corrected chi connectivity index (χ1v) is 7.89. The molecular weight excluding hydrogens is 240 g/mol. The first kappa shape index (κ1) is 13.3. The Bertz CT molecular complexity index is 339. The van der Waals surface area contributed by atoms with Gasteiger partial charge in [-0.3, -0.25) is 0 Å². The third-order valence-electron chi connectivity index (χ3n) is 3.74. The molecule has 1 atom stereocenters. The minimum absolute atomic E-state index is 0.230. The van der Waals surface area contributed by atoms with Gasteiger partial charge in [-0.2, -0.15) is 0 Å². The maximum Gasteiger partial charge on any atom is 0.217 e. The largest absolute Gasteiger partial charge is 0.381 e. The zero-order chi connectivity index (χ0) is 12.3. The number of ether oxygens (including phenoxy) is 1. The van der Waals surface area contributed by atoms with Crippen molar-refractivity contribution >= 4 is 10.0 Å². The van der Waals surface area contributed by atoms with Crippen molar-refractivity contribution in [3.8, 4) is 0 Å². The van der Waals surface area contributed by atoms with Gasteiger partial charge in [-0.15, -0.1) is 0 Å². The van der Waals surface area contributed by atoms with Crippen LogP contribution >= 0.6 is 0 Å². The van der Waals surface area contributed by atoms with Crippen LogP contribution in [0.4, 0.5) is 0 Å². The van der Waals surface area contributed by atoms with Crippen LogP contribution in [0.15, 0.2) is 0 Å². The quantitative estimate of drug-likeness (QED) is 0.788. The van der Waals surface area contributed by atoms with Gasteiger partial charge < -0.3 is 10.1 Å². The molecule has 5 nitrogen and oxygen atoms in total. The fraction of sp³-hybridized carbons (Fsp3) is 1.00. The molecule has 100 valence electrons. The van der Waals surface area contributed by atoms with Gasteiger partial charge in [0, 0.05) is 32.3 Å². The van der Waals surface area contributed by atoms with E-state index in [-0.39, 0.29) is 5.25 Å². The van der Waals surface area contributed by atoms with Gasteiger partial charge >= 0.3 is 0 Å². The minimum atomic E-state index is -3.11. The summed E-state index contributed by atoms with van der Waals surface area (Å²) in [4.78, 5) is 0. The van der Waals surface area contributed by atoms with Gasteiger partial charge in [-0.05, 0) is 32.7 Å². The van der Waals surface area contributed by atoms with Gasteiger partial charge in [0.05, 0.1) is 5.25 Å². The topological polar surface area (TPSA) is 58.6 Å². The van der Waals surface area contributed by atoms with Crippen molar-refractivity contribution in [1.29, 1.82) is 0 Å². The molecule has 0 aromatic heterocycles. The van der Waals surface area contributed by atoms with Crippen LogP contribution in [0, 0.1) is 0 Å². The molecule has 2 aliphatic rings. The van der Waals surface area contributed by atoms with Gasteiger partial charge in [0.1, 0.15) is 0 Å². The number of sulfonamides is 1. The Morgan fingerprint density at radius 3 is 2.59 bits per heavy atom. The normalized spacial score (nSPS) is 29.4. The van der Waals surface area contributed by atoms with E-state index in [1.165, 1.54) is 0 Å². The minimum Gasteiger partial charge on any atom is -0.381 e. The second-order valence-corrected chi connectivity index (χ2v) is 7.06. The molecule has 0 aromatic carbocycles. The highest BCUT2D eigenvalue weighted by Gasteiger charge is 2.35. The highest BCUT2D eigenvalue weighted by atomic mass is 32.2. The van der Waals surface area contributed by atoms with Crippen LogP contribution in [0.3, 0.4) is 0 Å². The number of rotatable bonds is 3. The maximum absolute atomic E-state index is 12.4. The molecule has 2 fully saturated rings. The summed E-state index contributed by atoms with van der Waals surface area (Å²) in [6.07, 6.45) is 3.30. The predicted octanol–water partition coefficient (Wildman–Crippen LogP) is 0.179. The van der Waals surface area contributed by atoms with Crippen molar-refractivity contribution in [3.63, 3.8) is 0 Å². The summed E-state index contributed by atoms with van der Waals surface area (Å²) in [5, 5.41) is 2.95. The summed E-state index contributed by atoms with van der Waals surface area (Å²) >= 11 is 0. The molecule has 0 bridgehead atoms. The Kier molecular flexibility index (Phi) is 4.41. The van der Waals surface area contributed by atoms with Crippen LogP contribution in [0.5, 0.6) is 0 Å². The van der Waals surface area contributed by atoms with E-state index in [0.29, 0.717) is 45.2 Å². The predicted molar refractivity (Wildman–Crippen MR) is 66.4 cm³/mol. The second-order valence-electron chi connectivity index (χ2n) is 4.84. The Balaban J connectivity index is 2.03. The van der Waals surface area contributed by atoms with Gasteiger partial charge in [-0.1, -0.05) is 0 Å². The molecule has 17 heavy (non-hydrogen) atoms. The smallest absolute Gasteiger partial charge is 0.217 e. The number of hydrogen-bond donors (Lipinski definition) is 1. The average molecular weight is 262 g/mol. The third kappa shape index (κ3) is 2.99. The van der Waals surface area contributed by atoms with Crippen LogP contribution in [0.1, 0.15) is 25.7 Å². The lowest BCUT2D eigenvalue weighted by Crippen LogP contribution is -2.50. The van der Waals surface area contributed by atoms with Crippen LogP contribution < -0.4 is 5.32 Å². The highest BCUT2D eigenvalue weighted by molar-refractivity contribution is 7.89. The van der Waals surface area contributed by atoms with E-state index in [1.54, 1.807) is 4.31 Å². The zero-order valence-corrected chi connectivity index (χ0v) is 11.2. The highest BCUT2D eigenvalue weighted by Crippen LogP contribution is 2.23. The number of piperidine rings is 1. The van der Waals surface area contributed by atoms with Gasteiger partial charge in [0.2, 0.25) is 10.0 Å². The first-order chi connectivity index (χ1) is 8.14. The second kappa shape index (κ2) is 5.65. The summed E-state index contributed by atoms with van der Waals surface area (Å²) in [6, 6.07) is 0.304. The molecule has 1 N–H and O–H groups in total. The molecule has 0 aromatic rings. The maximum atomic E-state index is 12.4. The molecule has 0 saturated carbocycles. The molecule has 6 heteroatoms. The molecule has 2 aliphatic heterocycles. The lowest BCUT2D eigenvalue weighted by Gasteiger charge is -2.35. The van der Waals surface area contributed by atoms with Crippen LogP contribution in [-0.2, 0) is 14.8 Å². The molecule has 0 radical (unpaired) electrons. The van der Waals surface area contributed by atoms with E-state index in [2.05, 4.69) is 5.32 Å². The SMILES string of the molecule is CNC1CCCN(S(=O)(=O)C2CCOCC2)C1. The lowest BCUT2D eigenvalue weighted by atomic mass is 10.1. The fourth-order valence-corrected chi connectivity index (χ4v) is 4.57. The molecular formula is C11H22N2O3S. The van der Waals surface area contributed by atoms with Crippen molar-refractivity contribution in [1.82, 2.24) is 9.62 Å². The lowest BCUT2D eigenvalue weighted by molar-refractivity contribution is 0.0968.